The largest absolute Gasteiger partial charge is 0.349 e. The molecule has 0 spiro atoms. The van der Waals surface area contributed by atoms with E-state index in [9.17, 15) is 9.59 Å². The first-order chi connectivity index (χ1) is 11.6. The van der Waals surface area contributed by atoms with Crippen molar-refractivity contribution < 1.29 is 4.79 Å². The summed E-state index contributed by atoms with van der Waals surface area (Å²) in [5, 5.41) is 13.6. The number of benzene rings is 1. The van der Waals surface area contributed by atoms with Gasteiger partial charge in [-0.15, -0.1) is 11.3 Å². The van der Waals surface area contributed by atoms with Crippen LogP contribution < -0.4 is 10.9 Å². The molecule has 0 bridgehead atoms. The summed E-state index contributed by atoms with van der Waals surface area (Å²) in [6.07, 6.45) is 0.883. The Morgan fingerprint density at radius 1 is 1.33 bits per heavy atom. The summed E-state index contributed by atoms with van der Waals surface area (Å²) in [5.74, 6) is -0.620. The van der Waals surface area contributed by atoms with E-state index in [4.69, 9.17) is 0 Å². The summed E-state index contributed by atoms with van der Waals surface area (Å²) in [6.45, 7) is 4.23. The number of hydrogen-bond acceptors (Lipinski definition) is 5. The molecule has 0 saturated heterocycles. The van der Waals surface area contributed by atoms with Crippen molar-refractivity contribution in [3.63, 3.8) is 0 Å². The molecular weight excluding hydrogens is 324 g/mol. The van der Waals surface area contributed by atoms with E-state index < -0.39 is 5.92 Å². The molecule has 1 atom stereocenters. The Morgan fingerprint density at radius 3 is 2.79 bits per heavy atom. The van der Waals surface area contributed by atoms with Gasteiger partial charge in [-0.2, -0.15) is 5.10 Å². The van der Waals surface area contributed by atoms with Gasteiger partial charge in [0.05, 0.1) is 29.2 Å². The first-order valence-corrected chi connectivity index (χ1v) is 8.66. The highest BCUT2D eigenvalue weighted by molar-refractivity contribution is 7.09. The van der Waals surface area contributed by atoms with Crippen LogP contribution in [-0.2, 0) is 17.8 Å². The molecule has 0 radical (unpaired) electrons. The number of fused-ring (bicyclic) bond motifs is 1. The highest BCUT2D eigenvalue weighted by Gasteiger charge is 2.20. The summed E-state index contributed by atoms with van der Waals surface area (Å²) < 4.78 is 0. The van der Waals surface area contributed by atoms with Gasteiger partial charge < -0.3 is 5.32 Å². The SMILES string of the molecule is CCc1csc(CNC(=O)C(C)c2n[nH]c(=O)c3ccccc23)n1. The van der Waals surface area contributed by atoms with Crippen LogP contribution in [0.2, 0.25) is 0 Å². The van der Waals surface area contributed by atoms with Crippen molar-refractivity contribution in [2.24, 2.45) is 0 Å². The van der Waals surface area contributed by atoms with E-state index >= 15 is 0 Å². The Labute approximate surface area is 143 Å². The van der Waals surface area contributed by atoms with E-state index in [-0.39, 0.29) is 11.5 Å². The van der Waals surface area contributed by atoms with Crippen LogP contribution in [0.4, 0.5) is 0 Å². The quantitative estimate of drug-likeness (QED) is 0.745. The number of carbonyl (C=O) groups excluding carboxylic acids is 1. The zero-order chi connectivity index (χ0) is 17.1. The number of hydrogen-bond donors (Lipinski definition) is 2. The summed E-state index contributed by atoms with van der Waals surface area (Å²) in [5.41, 5.74) is 1.35. The highest BCUT2D eigenvalue weighted by Crippen LogP contribution is 2.21. The Kier molecular flexibility index (Phi) is 4.71. The van der Waals surface area contributed by atoms with E-state index in [1.54, 1.807) is 19.1 Å². The van der Waals surface area contributed by atoms with Gasteiger partial charge in [-0.1, -0.05) is 25.1 Å². The van der Waals surface area contributed by atoms with Crippen LogP contribution in [0.25, 0.3) is 10.8 Å². The molecule has 124 valence electrons. The summed E-state index contributed by atoms with van der Waals surface area (Å²) >= 11 is 1.54. The van der Waals surface area contributed by atoms with Crippen molar-refractivity contribution in [3.8, 4) is 0 Å². The maximum atomic E-state index is 12.5. The second-order valence-electron chi connectivity index (χ2n) is 5.51. The smallest absolute Gasteiger partial charge is 0.272 e. The van der Waals surface area contributed by atoms with Crippen molar-refractivity contribution in [2.45, 2.75) is 32.7 Å². The van der Waals surface area contributed by atoms with Crippen molar-refractivity contribution in [1.82, 2.24) is 20.5 Å². The number of aromatic nitrogens is 3. The minimum absolute atomic E-state index is 0.145. The standard InChI is InChI=1S/C17H18N4O2S/c1-3-11-9-24-14(19-11)8-18-16(22)10(2)15-12-6-4-5-7-13(12)17(23)21-20-15/h4-7,9-10H,3,8H2,1-2H3,(H,18,22)(H,21,23). The molecule has 24 heavy (non-hydrogen) atoms. The zero-order valence-electron chi connectivity index (χ0n) is 13.5. The number of nitrogens with one attached hydrogen (secondary N) is 2. The minimum atomic E-state index is -0.475. The van der Waals surface area contributed by atoms with Crippen LogP contribution in [0.1, 0.15) is 36.2 Å². The summed E-state index contributed by atoms with van der Waals surface area (Å²) in [4.78, 5) is 28.7. The van der Waals surface area contributed by atoms with Crippen molar-refractivity contribution in [1.29, 1.82) is 0 Å². The number of aromatic amines is 1. The molecule has 3 aromatic rings. The molecular formula is C17H18N4O2S. The average molecular weight is 342 g/mol. The third-order valence-corrected chi connectivity index (χ3v) is 4.80. The predicted octanol–water partition coefficient (Wildman–Crippen LogP) is 2.36. The normalized spacial score (nSPS) is 12.2. The van der Waals surface area contributed by atoms with Crippen LogP contribution >= 0.6 is 11.3 Å². The maximum absolute atomic E-state index is 12.5. The first-order valence-electron chi connectivity index (χ1n) is 7.78. The van der Waals surface area contributed by atoms with E-state index in [0.717, 1.165) is 17.1 Å². The van der Waals surface area contributed by atoms with Gasteiger partial charge in [-0.3, -0.25) is 9.59 Å². The number of nitrogens with zero attached hydrogens (tertiary/aromatic N) is 2. The van der Waals surface area contributed by atoms with E-state index in [2.05, 4.69) is 20.5 Å². The van der Waals surface area contributed by atoms with Crippen molar-refractivity contribution in [3.05, 3.63) is 56.4 Å². The van der Waals surface area contributed by atoms with Gasteiger partial charge in [0.2, 0.25) is 5.91 Å². The fourth-order valence-corrected chi connectivity index (χ4v) is 3.32. The van der Waals surface area contributed by atoms with E-state index in [0.29, 0.717) is 23.0 Å². The maximum Gasteiger partial charge on any atom is 0.272 e. The van der Waals surface area contributed by atoms with Gasteiger partial charge in [-0.05, 0) is 19.4 Å². The number of H-pyrrole nitrogens is 1. The molecule has 0 aliphatic rings. The second kappa shape index (κ2) is 6.92. The van der Waals surface area contributed by atoms with Gasteiger partial charge in [-0.25, -0.2) is 10.1 Å². The monoisotopic (exact) mass is 342 g/mol. The molecule has 1 aromatic carbocycles. The number of aryl methyl sites for hydroxylation is 1. The lowest BCUT2D eigenvalue weighted by Crippen LogP contribution is -2.29. The zero-order valence-corrected chi connectivity index (χ0v) is 14.3. The van der Waals surface area contributed by atoms with Gasteiger partial charge >= 0.3 is 0 Å². The molecule has 7 heteroatoms. The fraction of sp³-hybridized carbons (Fsp3) is 0.294. The van der Waals surface area contributed by atoms with Gasteiger partial charge in [0.15, 0.2) is 0 Å². The Bertz CT molecular complexity index is 931. The molecule has 3 rings (SSSR count). The predicted molar refractivity (Wildman–Crippen MR) is 94.1 cm³/mol. The summed E-state index contributed by atoms with van der Waals surface area (Å²) in [6, 6.07) is 7.16. The molecule has 2 N–H and O–H groups in total. The fourth-order valence-electron chi connectivity index (χ4n) is 2.50. The third-order valence-electron chi connectivity index (χ3n) is 3.90. The van der Waals surface area contributed by atoms with Crippen LogP contribution in [-0.4, -0.2) is 21.1 Å². The number of carbonyl (C=O) groups is 1. The molecule has 0 aliphatic carbocycles. The number of amides is 1. The Balaban J connectivity index is 1.78. The second-order valence-corrected chi connectivity index (χ2v) is 6.45. The van der Waals surface area contributed by atoms with Crippen molar-refractivity contribution in [2.75, 3.05) is 0 Å². The van der Waals surface area contributed by atoms with Crippen LogP contribution in [0.15, 0.2) is 34.4 Å². The lowest BCUT2D eigenvalue weighted by molar-refractivity contribution is -0.122. The van der Waals surface area contributed by atoms with Crippen molar-refractivity contribution >= 4 is 28.0 Å². The number of thiazole rings is 1. The molecule has 0 aliphatic heterocycles. The van der Waals surface area contributed by atoms with Crippen LogP contribution in [0.3, 0.4) is 0 Å². The molecule has 6 nitrogen and oxygen atoms in total. The van der Waals surface area contributed by atoms with Gasteiger partial charge in [0.25, 0.3) is 5.56 Å². The highest BCUT2D eigenvalue weighted by atomic mass is 32.1. The third kappa shape index (κ3) is 3.21. The average Bonchev–Trinajstić information content (AvgIpc) is 3.08. The molecule has 2 heterocycles. The molecule has 0 saturated carbocycles. The minimum Gasteiger partial charge on any atom is -0.349 e. The molecule has 2 aromatic heterocycles. The topological polar surface area (TPSA) is 87.7 Å². The molecule has 0 fully saturated rings. The number of rotatable bonds is 5. The first kappa shape index (κ1) is 16.3. The van der Waals surface area contributed by atoms with Gasteiger partial charge in [0, 0.05) is 10.8 Å². The molecule has 1 unspecified atom stereocenters. The van der Waals surface area contributed by atoms with E-state index in [1.165, 1.54) is 11.3 Å². The molecule has 1 amide bonds. The van der Waals surface area contributed by atoms with E-state index in [1.807, 2.05) is 24.4 Å². The lowest BCUT2D eigenvalue weighted by Gasteiger charge is -2.12. The Hall–Kier alpha value is -2.54. The summed E-state index contributed by atoms with van der Waals surface area (Å²) in [7, 11) is 0. The van der Waals surface area contributed by atoms with Crippen LogP contribution in [0.5, 0.6) is 0 Å². The van der Waals surface area contributed by atoms with Crippen LogP contribution in [0, 0.1) is 0 Å². The van der Waals surface area contributed by atoms with Gasteiger partial charge in [0.1, 0.15) is 5.01 Å². The Morgan fingerprint density at radius 2 is 2.08 bits per heavy atom. The lowest BCUT2D eigenvalue weighted by atomic mass is 10.0.